The van der Waals surface area contributed by atoms with Crippen molar-refractivity contribution in [1.82, 2.24) is 0 Å². The fourth-order valence-corrected chi connectivity index (χ4v) is 1.83. The number of carboxylic acid groups (broad SMARTS) is 2. The highest BCUT2D eigenvalue weighted by Gasteiger charge is 2.21. The van der Waals surface area contributed by atoms with Gasteiger partial charge in [0.05, 0.1) is 12.1 Å². The molecule has 0 aliphatic carbocycles. The lowest BCUT2D eigenvalue weighted by Crippen LogP contribution is -2.26. The zero-order valence-electron chi connectivity index (χ0n) is 11.5. The van der Waals surface area contributed by atoms with Gasteiger partial charge in [0, 0.05) is 6.08 Å². The van der Waals surface area contributed by atoms with Crippen LogP contribution in [0.2, 0.25) is 5.02 Å². The van der Waals surface area contributed by atoms with Crippen LogP contribution in [0.15, 0.2) is 18.2 Å². The van der Waals surface area contributed by atoms with Gasteiger partial charge >= 0.3 is 11.9 Å². The van der Waals surface area contributed by atoms with Gasteiger partial charge in [-0.05, 0) is 30.2 Å². The first kappa shape index (κ1) is 16.8. The molecule has 0 radical (unpaired) electrons. The second-order valence-electron chi connectivity index (χ2n) is 4.06. The van der Waals surface area contributed by atoms with Crippen molar-refractivity contribution >= 4 is 29.6 Å². The smallest absolute Gasteiger partial charge is 0.344 e. The molecule has 0 fully saturated rings. The van der Waals surface area contributed by atoms with Crippen LogP contribution >= 0.6 is 11.6 Å². The number of carboxylic acids is 2. The van der Waals surface area contributed by atoms with Crippen LogP contribution in [0.25, 0.3) is 6.08 Å². The first-order chi connectivity index (χ1) is 9.88. The molecule has 1 rings (SSSR count). The van der Waals surface area contributed by atoms with Gasteiger partial charge in [-0.1, -0.05) is 18.5 Å². The lowest BCUT2D eigenvalue weighted by molar-refractivity contribution is -0.145. The molecule has 0 saturated carbocycles. The number of aliphatic carboxylic acids is 2. The highest BCUT2D eigenvalue weighted by molar-refractivity contribution is 6.32. The van der Waals surface area contributed by atoms with Crippen LogP contribution in [0.5, 0.6) is 11.5 Å². The van der Waals surface area contributed by atoms with Gasteiger partial charge in [-0.3, -0.25) is 0 Å². The predicted octanol–water partition coefficient (Wildman–Crippen LogP) is 2.69. The van der Waals surface area contributed by atoms with E-state index in [0.29, 0.717) is 5.56 Å². The number of methoxy groups -OCH3 is 1. The number of hydrogen-bond acceptors (Lipinski definition) is 4. The Balaban J connectivity index is 3.16. The van der Waals surface area contributed by atoms with E-state index in [1.807, 2.05) is 0 Å². The van der Waals surface area contributed by atoms with Gasteiger partial charge in [0.15, 0.2) is 17.6 Å². The third-order valence-corrected chi connectivity index (χ3v) is 2.86. The molecule has 1 aromatic carbocycles. The van der Waals surface area contributed by atoms with Crippen molar-refractivity contribution in [2.45, 2.75) is 19.4 Å². The standard InChI is InChI=1S/C14H15ClO6/c1-3-10(14(18)19)21-13-9(15)6-8(4-5-12(16)17)7-11(13)20-2/h4-7,10H,3H2,1-2H3,(H,16,17)(H,18,19). The third-order valence-electron chi connectivity index (χ3n) is 2.58. The molecule has 0 spiro atoms. The molecule has 0 bridgehead atoms. The molecular formula is C14H15ClO6. The number of benzene rings is 1. The van der Waals surface area contributed by atoms with Crippen LogP contribution in [0, 0.1) is 0 Å². The van der Waals surface area contributed by atoms with E-state index < -0.39 is 18.0 Å². The van der Waals surface area contributed by atoms with E-state index in [4.69, 9.17) is 31.3 Å². The van der Waals surface area contributed by atoms with Gasteiger partial charge < -0.3 is 19.7 Å². The average Bonchev–Trinajstić information content (AvgIpc) is 2.42. The summed E-state index contributed by atoms with van der Waals surface area (Å²) in [6.07, 6.45) is 1.51. The molecule has 1 aromatic rings. The Bertz CT molecular complexity index is 567. The maximum Gasteiger partial charge on any atom is 0.344 e. The van der Waals surface area contributed by atoms with E-state index in [0.717, 1.165) is 6.08 Å². The summed E-state index contributed by atoms with van der Waals surface area (Å²) in [4.78, 5) is 21.5. The highest BCUT2D eigenvalue weighted by atomic mass is 35.5. The first-order valence-corrected chi connectivity index (χ1v) is 6.44. The van der Waals surface area contributed by atoms with E-state index in [2.05, 4.69) is 0 Å². The number of ether oxygens (including phenoxy) is 2. The van der Waals surface area contributed by atoms with Crippen LogP contribution in [0.4, 0.5) is 0 Å². The van der Waals surface area contributed by atoms with Crippen molar-refractivity contribution in [1.29, 1.82) is 0 Å². The monoisotopic (exact) mass is 314 g/mol. The van der Waals surface area contributed by atoms with Crippen molar-refractivity contribution in [3.63, 3.8) is 0 Å². The van der Waals surface area contributed by atoms with Crippen molar-refractivity contribution in [3.05, 3.63) is 28.8 Å². The zero-order chi connectivity index (χ0) is 16.0. The maximum absolute atomic E-state index is 11.0. The molecule has 0 aromatic heterocycles. The van der Waals surface area contributed by atoms with Gasteiger partial charge in [-0.15, -0.1) is 0 Å². The van der Waals surface area contributed by atoms with Crippen LogP contribution in [-0.4, -0.2) is 35.4 Å². The van der Waals surface area contributed by atoms with Crippen LogP contribution < -0.4 is 9.47 Å². The SMILES string of the molecule is CCC(Oc1c(Cl)cc(C=CC(=O)O)cc1OC)C(=O)O. The molecule has 0 heterocycles. The van der Waals surface area contributed by atoms with Gasteiger partial charge in [0.1, 0.15) is 0 Å². The second-order valence-corrected chi connectivity index (χ2v) is 4.47. The first-order valence-electron chi connectivity index (χ1n) is 6.07. The summed E-state index contributed by atoms with van der Waals surface area (Å²) < 4.78 is 10.5. The molecule has 2 N–H and O–H groups in total. The second kappa shape index (κ2) is 7.54. The molecule has 7 heteroatoms. The predicted molar refractivity (Wildman–Crippen MR) is 77.0 cm³/mol. The third kappa shape index (κ3) is 4.68. The van der Waals surface area contributed by atoms with Crippen molar-refractivity contribution in [3.8, 4) is 11.5 Å². The number of hydrogen-bond donors (Lipinski definition) is 2. The largest absolute Gasteiger partial charge is 0.493 e. The lowest BCUT2D eigenvalue weighted by Gasteiger charge is -2.17. The lowest BCUT2D eigenvalue weighted by atomic mass is 10.1. The van der Waals surface area contributed by atoms with Crippen molar-refractivity contribution in [2.75, 3.05) is 7.11 Å². The van der Waals surface area contributed by atoms with Gasteiger partial charge in [0.25, 0.3) is 0 Å². The molecule has 0 aliphatic rings. The van der Waals surface area contributed by atoms with Crippen molar-refractivity contribution < 1.29 is 29.3 Å². The zero-order valence-corrected chi connectivity index (χ0v) is 12.3. The van der Waals surface area contributed by atoms with Gasteiger partial charge in [-0.25, -0.2) is 9.59 Å². The Kier molecular flexibility index (Phi) is 6.05. The minimum atomic E-state index is -1.11. The summed E-state index contributed by atoms with van der Waals surface area (Å²) in [6, 6.07) is 2.97. The van der Waals surface area contributed by atoms with Crippen molar-refractivity contribution in [2.24, 2.45) is 0 Å². The summed E-state index contributed by atoms with van der Waals surface area (Å²) in [7, 11) is 1.38. The Labute approximate surface area is 126 Å². The molecule has 0 aliphatic heterocycles. The molecular weight excluding hydrogens is 300 g/mol. The molecule has 1 atom stereocenters. The van der Waals surface area contributed by atoms with Crippen LogP contribution in [0.3, 0.4) is 0 Å². The molecule has 0 amide bonds. The van der Waals surface area contributed by atoms with Gasteiger partial charge in [0.2, 0.25) is 0 Å². The normalized spacial score (nSPS) is 12.1. The highest BCUT2D eigenvalue weighted by Crippen LogP contribution is 2.37. The number of halogens is 1. The summed E-state index contributed by atoms with van der Waals surface area (Å²) in [5.41, 5.74) is 0.495. The summed E-state index contributed by atoms with van der Waals surface area (Å²) in [6.45, 7) is 1.67. The fraction of sp³-hybridized carbons (Fsp3) is 0.286. The molecule has 6 nitrogen and oxygen atoms in total. The summed E-state index contributed by atoms with van der Waals surface area (Å²) in [5.74, 6) is -1.86. The summed E-state index contributed by atoms with van der Waals surface area (Å²) in [5, 5.41) is 17.7. The Morgan fingerprint density at radius 1 is 1.38 bits per heavy atom. The average molecular weight is 315 g/mol. The van der Waals surface area contributed by atoms with E-state index >= 15 is 0 Å². The van der Waals surface area contributed by atoms with E-state index in [1.165, 1.54) is 25.3 Å². The molecule has 114 valence electrons. The number of carbonyl (C=O) groups is 2. The molecule has 1 unspecified atom stereocenters. The van der Waals surface area contributed by atoms with Gasteiger partial charge in [-0.2, -0.15) is 0 Å². The summed E-state index contributed by atoms with van der Waals surface area (Å²) >= 11 is 6.06. The van der Waals surface area contributed by atoms with Crippen LogP contribution in [-0.2, 0) is 9.59 Å². The fourth-order valence-electron chi connectivity index (χ4n) is 1.57. The maximum atomic E-state index is 11.0. The topological polar surface area (TPSA) is 93.1 Å². The minimum absolute atomic E-state index is 0.112. The molecule has 0 saturated heterocycles. The Morgan fingerprint density at radius 3 is 2.52 bits per heavy atom. The number of rotatable bonds is 7. The van der Waals surface area contributed by atoms with E-state index in [1.54, 1.807) is 6.92 Å². The Hall–Kier alpha value is -2.21. The molecule has 21 heavy (non-hydrogen) atoms. The van der Waals surface area contributed by atoms with Crippen LogP contribution in [0.1, 0.15) is 18.9 Å². The van der Waals surface area contributed by atoms with E-state index in [9.17, 15) is 9.59 Å². The quantitative estimate of drug-likeness (QED) is 0.752. The minimum Gasteiger partial charge on any atom is -0.493 e. The Morgan fingerprint density at radius 2 is 2.05 bits per heavy atom. The van der Waals surface area contributed by atoms with E-state index in [-0.39, 0.29) is 22.9 Å².